The highest BCUT2D eigenvalue weighted by molar-refractivity contribution is 6.07. The number of alkyl halides is 6. The third-order valence-corrected chi connectivity index (χ3v) is 6.33. The molecular formula is C23H21F6N3O3. The van der Waals surface area contributed by atoms with Crippen LogP contribution in [0.5, 0.6) is 0 Å². The summed E-state index contributed by atoms with van der Waals surface area (Å²) in [7, 11) is 0. The first kappa shape index (κ1) is 25.0. The molecule has 0 aliphatic carbocycles. The Morgan fingerprint density at radius 3 is 2.09 bits per heavy atom. The Kier molecular flexibility index (Phi) is 6.08. The van der Waals surface area contributed by atoms with E-state index in [1.165, 1.54) is 6.92 Å². The van der Waals surface area contributed by atoms with Gasteiger partial charge in [-0.25, -0.2) is 4.79 Å². The third-order valence-electron chi connectivity index (χ3n) is 6.33. The fourth-order valence-electron chi connectivity index (χ4n) is 4.46. The average Bonchev–Trinajstić information content (AvgIpc) is 3.30. The van der Waals surface area contributed by atoms with Crippen molar-refractivity contribution in [1.82, 2.24) is 16.0 Å². The van der Waals surface area contributed by atoms with Crippen molar-refractivity contribution in [2.45, 2.75) is 42.9 Å². The molecule has 0 saturated carbocycles. The van der Waals surface area contributed by atoms with Gasteiger partial charge in [0, 0.05) is 13.0 Å². The number of carbonyl (C=O) groups is 2. The SMILES string of the molecule is CC(OC[C@@]1(c2ccccc2)CC2(CN1)NC(=O)NC2=O)c1cc(C(F)(F)F)cc(C(F)(F)F)c1. The van der Waals surface area contributed by atoms with E-state index in [9.17, 15) is 35.9 Å². The fourth-order valence-corrected chi connectivity index (χ4v) is 4.46. The minimum Gasteiger partial charge on any atom is -0.372 e. The number of halogens is 6. The average molecular weight is 501 g/mol. The van der Waals surface area contributed by atoms with E-state index in [4.69, 9.17) is 4.74 Å². The molecule has 2 fully saturated rings. The molecule has 2 aliphatic rings. The fraction of sp³-hybridized carbons (Fsp3) is 0.391. The zero-order valence-corrected chi connectivity index (χ0v) is 18.3. The van der Waals surface area contributed by atoms with Crippen molar-refractivity contribution >= 4 is 11.9 Å². The summed E-state index contributed by atoms with van der Waals surface area (Å²) in [6.07, 6.45) is -11.0. The number of urea groups is 1. The molecule has 0 aromatic heterocycles. The van der Waals surface area contributed by atoms with E-state index < -0.39 is 52.6 Å². The highest BCUT2D eigenvalue weighted by Crippen LogP contribution is 2.41. The predicted octanol–water partition coefficient (Wildman–Crippen LogP) is 4.27. The molecule has 2 heterocycles. The second-order valence-corrected chi connectivity index (χ2v) is 8.76. The summed E-state index contributed by atoms with van der Waals surface area (Å²) in [4.78, 5) is 24.2. The molecule has 0 bridgehead atoms. The minimum atomic E-state index is -4.98. The zero-order valence-electron chi connectivity index (χ0n) is 18.3. The number of hydrogen-bond donors (Lipinski definition) is 3. The van der Waals surface area contributed by atoms with Gasteiger partial charge in [-0.1, -0.05) is 30.3 Å². The number of ether oxygens (including phenoxy) is 1. The lowest BCUT2D eigenvalue weighted by molar-refractivity contribution is -0.143. The van der Waals surface area contributed by atoms with Crippen LogP contribution in [0.1, 0.15) is 41.7 Å². The summed E-state index contributed by atoms with van der Waals surface area (Å²) >= 11 is 0. The van der Waals surface area contributed by atoms with E-state index >= 15 is 0 Å². The van der Waals surface area contributed by atoms with Gasteiger partial charge >= 0.3 is 18.4 Å². The highest BCUT2D eigenvalue weighted by Gasteiger charge is 2.57. The quantitative estimate of drug-likeness (QED) is 0.423. The molecule has 12 heteroatoms. The molecule has 188 valence electrons. The number of nitrogens with one attached hydrogen (secondary N) is 3. The lowest BCUT2D eigenvalue weighted by atomic mass is 9.83. The molecule has 6 nitrogen and oxygen atoms in total. The number of hydrogen-bond acceptors (Lipinski definition) is 4. The number of rotatable bonds is 5. The van der Waals surface area contributed by atoms with Gasteiger partial charge in [0.25, 0.3) is 5.91 Å². The van der Waals surface area contributed by atoms with Crippen LogP contribution in [0, 0.1) is 0 Å². The molecule has 4 rings (SSSR count). The van der Waals surface area contributed by atoms with Gasteiger partial charge in [-0.05, 0) is 36.2 Å². The van der Waals surface area contributed by atoms with Crippen LogP contribution in [0.4, 0.5) is 31.1 Å². The standard InChI is InChI=1S/C23H21F6N3O3/c1-13(14-7-16(22(24,25)26)9-17(8-14)23(27,28)29)35-12-21(15-5-3-2-4-6-15)10-20(11-30-21)18(33)31-19(34)32-20/h2-9,13,30H,10-12H2,1H3,(H2,31,32,33,34)/t13?,20?,21-/m1/s1. The minimum absolute atomic E-state index is 0.0546. The second kappa shape index (κ2) is 8.52. The summed E-state index contributed by atoms with van der Waals surface area (Å²) < 4.78 is 85.4. The Morgan fingerprint density at radius 1 is 0.971 bits per heavy atom. The van der Waals surface area contributed by atoms with E-state index in [1.54, 1.807) is 30.3 Å². The van der Waals surface area contributed by atoms with Crippen molar-refractivity contribution < 1.29 is 40.7 Å². The molecule has 2 aromatic rings. The summed E-state index contributed by atoms with van der Waals surface area (Å²) in [6, 6.07) is 9.40. The smallest absolute Gasteiger partial charge is 0.372 e. The van der Waals surface area contributed by atoms with E-state index in [2.05, 4.69) is 16.0 Å². The number of imide groups is 1. The molecule has 0 radical (unpaired) electrons. The van der Waals surface area contributed by atoms with Crippen LogP contribution in [-0.2, 0) is 27.4 Å². The van der Waals surface area contributed by atoms with E-state index in [0.29, 0.717) is 17.7 Å². The summed E-state index contributed by atoms with van der Waals surface area (Å²) in [5.41, 5.74) is -4.79. The van der Waals surface area contributed by atoms with Crippen LogP contribution >= 0.6 is 0 Å². The number of carbonyl (C=O) groups excluding carboxylic acids is 2. The molecule has 3 N–H and O–H groups in total. The molecule has 1 spiro atoms. The maximum atomic E-state index is 13.3. The Hall–Kier alpha value is -3.12. The van der Waals surface area contributed by atoms with Crippen LogP contribution in [0.15, 0.2) is 48.5 Å². The first-order chi connectivity index (χ1) is 16.2. The first-order valence-electron chi connectivity index (χ1n) is 10.6. The maximum Gasteiger partial charge on any atom is 0.416 e. The van der Waals surface area contributed by atoms with Gasteiger partial charge in [-0.2, -0.15) is 26.3 Å². The Labute approximate surface area is 196 Å². The molecule has 3 amide bonds. The molecular weight excluding hydrogens is 480 g/mol. The van der Waals surface area contributed by atoms with E-state index in [1.807, 2.05) is 0 Å². The molecule has 2 saturated heterocycles. The van der Waals surface area contributed by atoms with Crippen LogP contribution in [0.2, 0.25) is 0 Å². The van der Waals surface area contributed by atoms with E-state index in [-0.39, 0.29) is 31.2 Å². The topological polar surface area (TPSA) is 79.5 Å². The monoisotopic (exact) mass is 501 g/mol. The van der Waals surface area contributed by atoms with Gasteiger partial charge < -0.3 is 15.4 Å². The summed E-state index contributed by atoms with van der Waals surface area (Å²) in [5.74, 6) is -0.534. The van der Waals surface area contributed by atoms with E-state index in [0.717, 1.165) is 0 Å². The molecule has 2 aliphatic heterocycles. The van der Waals surface area contributed by atoms with Crippen molar-refractivity contribution in [3.05, 3.63) is 70.8 Å². The van der Waals surface area contributed by atoms with Crippen LogP contribution in [0.3, 0.4) is 0 Å². The van der Waals surface area contributed by atoms with Crippen molar-refractivity contribution in [1.29, 1.82) is 0 Å². The maximum absolute atomic E-state index is 13.3. The summed E-state index contributed by atoms with van der Waals surface area (Å²) in [6.45, 7) is 1.21. The van der Waals surface area contributed by atoms with Crippen LogP contribution in [0.25, 0.3) is 0 Å². The zero-order chi connectivity index (χ0) is 25.6. The third kappa shape index (κ3) is 4.85. The van der Waals surface area contributed by atoms with Crippen LogP contribution < -0.4 is 16.0 Å². The number of amides is 3. The molecule has 2 aromatic carbocycles. The van der Waals surface area contributed by atoms with Gasteiger partial charge in [-0.15, -0.1) is 0 Å². The van der Waals surface area contributed by atoms with Gasteiger partial charge in [0.15, 0.2) is 0 Å². The van der Waals surface area contributed by atoms with Crippen molar-refractivity contribution in [2.24, 2.45) is 0 Å². The van der Waals surface area contributed by atoms with Gasteiger partial charge in [0.05, 0.1) is 29.4 Å². The Bertz CT molecular complexity index is 1110. The van der Waals surface area contributed by atoms with Gasteiger partial charge in [0.2, 0.25) is 0 Å². The Morgan fingerprint density at radius 2 is 1.57 bits per heavy atom. The largest absolute Gasteiger partial charge is 0.416 e. The lowest BCUT2D eigenvalue weighted by Gasteiger charge is -2.32. The van der Waals surface area contributed by atoms with Gasteiger partial charge in [-0.3, -0.25) is 10.1 Å². The van der Waals surface area contributed by atoms with Crippen molar-refractivity contribution in [2.75, 3.05) is 13.2 Å². The predicted molar refractivity (Wildman–Crippen MR) is 111 cm³/mol. The lowest BCUT2D eigenvalue weighted by Crippen LogP contribution is -2.48. The molecule has 35 heavy (non-hydrogen) atoms. The van der Waals surface area contributed by atoms with Crippen molar-refractivity contribution in [3.63, 3.8) is 0 Å². The highest BCUT2D eigenvalue weighted by atomic mass is 19.4. The normalized spacial score (nSPS) is 25.6. The molecule has 2 unspecified atom stereocenters. The Balaban J connectivity index is 1.63. The second-order valence-electron chi connectivity index (χ2n) is 8.76. The van der Waals surface area contributed by atoms with Crippen LogP contribution in [-0.4, -0.2) is 30.6 Å². The molecule has 3 atom stereocenters. The first-order valence-corrected chi connectivity index (χ1v) is 10.6. The van der Waals surface area contributed by atoms with Gasteiger partial charge in [0.1, 0.15) is 5.54 Å². The van der Waals surface area contributed by atoms with Crippen molar-refractivity contribution in [3.8, 4) is 0 Å². The summed E-state index contributed by atoms with van der Waals surface area (Å²) in [5, 5.41) is 7.98. The number of benzene rings is 2.